The Morgan fingerprint density at radius 1 is 1.23 bits per heavy atom. The molecule has 0 atom stereocenters. The first-order valence-corrected chi connectivity index (χ1v) is 12.4. The lowest BCUT2D eigenvalue weighted by Crippen LogP contribution is -2.27. The lowest BCUT2D eigenvalue weighted by Gasteiger charge is -2.14. The lowest BCUT2D eigenvalue weighted by molar-refractivity contribution is -0.118. The highest BCUT2D eigenvalue weighted by Crippen LogP contribution is 2.26. The average molecular weight is 450 g/mol. The van der Waals surface area contributed by atoms with Crippen molar-refractivity contribution in [1.82, 2.24) is 15.2 Å². The predicted molar refractivity (Wildman–Crippen MR) is 111 cm³/mol. The molecule has 0 bridgehead atoms. The van der Waals surface area contributed by atoms with Gasteiger partial charge in [-0.1, -0.05) is 6.07 Å². The SMILES string of the molecule is O=C1CN(Cc2ncc(CCS(=O)(=O)c3cccc(OC4CCCC4)c3)s2)C(=O)N1. The summed E-state index contributed by atoms with van der Waals surface area (Å²) in [5.41, 5.74) is 0. The summed E-state index contributed by atoms with van der Waals surface area (Å²) < 4.78 is 31.5. The van der Waals surface area contributed by atoms with E-state index in [1.807, 2.05) is 0 Å². The fraction of sp³-hybridized carbons (Fsp3) is 0.450. The summed E-state index contributed by atoms with van der Waals surface area (Å²) in [4.78, 5) is 29.6. The second kappa shape index (κ2) is 8.73. The molecule has 1 saturated heterocycles. The molecule has 160 valence electrons. The van der Waals surface area contributed by atoms with Crippen LogP contribution in [0.4, 0.5) is 4.79 Å². The third kappa shape index (κ3) is 4.99. The Bertz CT molecular complexity index is 1040. The van der Waals surface area contributed by atoms with Crippen molar-refractivity contribution < 1.29 is 22.7 Å². The molecular formula is C20H23N3O5S2. The smallest absolute Gasteiger partial charge is 0.324 e. The first-order valence-electron chi connectivity index (χ1n) is 9.91. The Labute approximate surface area is 179 Å². The molecule has 4 rings (SSSR count). The Morgan fingerprint density at radius 3 is 2.77 bits per heavy atom. The lowest BCUT2D eigenvalue weighted by atomic mass is 10.3. The molecule has 2 heterocycles. The third-order valence-corrected chi connectivity index (χ3v) is 7.94. The maximum Gasteiger partial charge on any atom is 0.324 e. The molecule has 1 aromatic heterocycles. The molecule has 2 fully saturated rings. The molecule has 1 aliphatic carbocycles. The Kier molecular flexibility index (Phi) is 6.05. The maximum atomic E-state index is 12.8. The van der Waals surface area contributed by atoms with Crippen LogP contribution in [0.15, 0.2) is 35.4 Å². The van der Waals surface area contributed by atoms with Crippen molar-refractivity contribution in [2.45, 2.75) is 49.6 Å². The van der Waals surface area contributed by atoms with Crippen molar-refractivity contribution >= 4 is 33.1 Å². The van der Waals surface area contributed by atoms with E-state index in [1.165, 1.54) is 16.2 Å². The highest BCUT2D eigenvalue weighted by atomic mass is 32.2. The number of ether oxygens (including phenoxy) is 1. The second-order valence-corrected chi connectivity index (χ2v) is 10.8. The van der Waals surface area contributed by atoms with E-state index in [4.69, 9.17) is 4.74 Å². The number of thiazole rings is 1. The van der Waals surface area contributed by atoms with Crippen molar-refractivity contribution in [2.75, 3.05) is 12.3 Å². The molecule has 0 unspecified atom stereocenters. The minimum atomic E-state index is -3.46. The van der Waals surface area contributed by atoms with Crippen LogP contribution in [0.1, 0.15) is 35.6 Å². The highest BCUT2D eigenvalue weighted by Gasteiger charge is 2.27. The number of sulfone groups is 1. The minimum Gasteiger partial charge on any atom is -0.490 e. The molecule has 30 heavy (non-hydrogen) atoms. The molecule has 10 heteroatoms. The van der Waals surface area contributed by atoms with Crippen LogP contribution >= 0.6 is 11.3 Å². The summed E-state index contributed by atoms with van der Waals surface area (Å²) in [7, 11) is -3.46. The zero-order valence-corrected chi connectivity index (χ0v) is 18.0. The molecule has 1 N–H and O–H groups in total. The summed E-state index contributed by atoms with van der Waals surface area (Å²) >= 11 is 1.35. The topological polar surface area (TPSA) is 106 Å². The number of rotatable bonds is 8. The predicted octanol–water partition coefficient (Wildman–Crippen LogP) is 2.53. The molecular weight excluding hydrogens is 426 g/mol. The number of aromatic nitrogens is 1. The summed E-state index contributed by atoms with van der Waals surface area (Å²) in [5, 5.41) is 2.89. The number of imide groups is 1. The monoisotopic (exact) mass is 449 g/mol. The van der Waals surface area contributed by atoms with Gasteiger partial charge in [-0.15, -0.1) is 11.3 Å². The average Bonchev–Trinajstić information content (AvgIpc) is 3.44. The third-order valence-electron chi connectivity index (χ3n) is 5.18. The van der Waals surface area contributed by atoms with Gasteiger partial charge in [-0.3, -0.25) is 10.1 Å². The van der Waals surface area contributed by atoms with E-state index in [2.05, 4.69) is 10.3 Å². The van der Waals surface area contributed by atoms with Crippen LogP contribution in [0.5, 0.6) is 5.75 Å². The van der Waals surface area contributed by atoms with Crippen molar-refractivity contribution in [2.24, 2.45) is 0 Å². The quantitative estimate of drug-likeness (QED) is 0.621. The summed E-state index contributed by atoms with van der Waals surface area (Å²) in [6.07, 6.45) is 6.46. The molecule has 8 nitrogen and oxygen atoms in total. The molecule has 0 radical (unpaired) electrons. The molecule has 2 aliphatic rings. The van der Waals surface area contributed by atoms with Gasteiger partial charge < -0.3 is 9.64 Å². The number of hydrogen-bond donors (Lipinski definition) is 1. The summed E-state index contributed by atoms with van der Waals surface area (Å²) in [5.74, 6) is 0.230. The summed E-state index contributed by atoms with van der Waals surface area (Å²) in [6.45, 7) is 0.247. The number of nitrogens with one attached hydrogen (secondary N) is 1. The molecule has 1 aromatic carbocycles. The second-order valence-electron chi connectivity index (χ2n) is 7.50. The number of benzene rings is 1. The maximum absolute atomic E-state index is 12.8. The van der Waals surface area contributed by atoms with Crippen LogP contribution in [0, 0.1) is 0 Å². The Balaban J connectivity index is 1.35. The van der Waals surface area contributed by atoms with Crippen molar-refractivity contribution in [1.29, 1.82) is 0 Å². The molecule has 3 amide bonds. The van der Waals surface area contributed by atoms with E-state index < -0.39 is 15.9 Å². The number of carbonyl (C=O) groups excluding carboxylic acids is 2. The first-order chi connectivity index (χ1) is 14.4. The fourth-order valence-electron chi connectivity index (χ4n) is 3.60. The summed E-state index contributed by atoms with van der Waals surface area (Å²) in [6, 6.07) is 6.28. The van der Waals surface area contributed by atoms with Crippen LogP contribution < -0.4 is 10.1 Å². The van der Waals surface area contributed by atoms with E-state index >= 15 is 0 Å². The van der Waals surface area contributed by atoms with Crippen molar-refractivity contribution in [3.63, 3.8) is 0 Å². The van der Waals surface area contributed by atoms with Gasteiger partial charge in [-0.05, 0) is 50.3 Å². The van der Waals surface area contributed by atoms with E-state index in [0.717, 1.165) is 30.6 Å². The van der Waals surface area contributed by atoms with Crippen LogP contribution in [0.2, 0.25) is 0 Å². The number of nitrogens with zero attached hydrogens (tertiary/aromatic N) is 2. The van der Waals surface area contributed by atoms with Crippen LogP contribution in [0.3, 0.4) is 0 Å². The largest absolute Gasteiger partial charge is 0.490 e. The van der Waals surface area contributed by atoms with Crippen molar-refractivity contribution in [3.8, 4) is 5.75 Å². The number of urea groups is 1. The number of carbonyl (C=O) groups is 2. The zero-order chi connectivity index (χ0) is 21.1. The van der Waals surface area contributed by atoms with E-state index in [0.29, 0.717) is 17.2 Å². The van der Waals surface area contributed by atoms with Crippen molar-refractivity contribution in [3.05, 3.63) is 40.3 Å². The standard InChI is InChI=1S/C20H23N3O5S2/c24-18-12-23(20(25)22-18)13-19-21-11-16(29-19)8-9-30(26,27)17-7-3-6-15(10-17)28-14-4-1-2-5-14/h3,6-7,10-11,14H,1-2,4-5,8-9,12-13H2,(H,22,24,25). The number of hydrogen-bond acceptors (Lipinski definition) is 7. The van der Waals surface area contributed by atoms with Gasteiger partial charge in [0.2, 0.25) is 5.91 Å². The van der Waals surface area contributed by atoms with Gasteiger partial charge in [0.25, 0.3) is 0 Å². The van der Waals surface area contributed by atoms with Gasteiger partial charge in [-0.25, -0.2) is 18.2 Å². The Morgan fingerprint density at radius 2 is 2.03 bits per heavy atom. The Hall–Kier alpha value is -2.46. The van der Waals surface area contributed by atoms with Gasteiger partial charge in [-0.2, -0.15) is 0 Å². The number of aryl methyl sites for hydroxylation is 1. The normalized spacial score (nSPS) is 17.5. The molecule has 0 spiro atoms. The van der Waals surface area contributed by atoms with Gasteiger partial charge in [0.1, 0.15) is 17.3 Å². The number of amides is 3. The van der Waals surface area contributed by atoms with Crippen LogP contribution in [-0.4, -0.2) is 48.6 Å². The van der Waals surface area contributed by atoms with Gasteiger partial charge >= 0.3 is 6.03 Å². The van der Waals surface area contributed by atoms with Gasteiger partial charge in [0, 0.05) is 11.1 Å². The van der Waals surface area contributed by atoms with E-state index in [1.54, 1.807) is 30.5 Å². The highest BCUT2D eigenvalue weighted by molar-refractivity contribution is 7.91. The van der Waals surface area contributed by atoms with E-state index in [-0.39, 0.29) is 35.7 Å². The van der Waals surface area contributed by atoms with Crippen LogP contribution in [-0.2, 0) is 27.6 Å². The van der Waals surface area contributed by atoms with Crippen LogP contribution in [0.25, 0.3) is 0 Å². The fourth-order valence-corrected chi connectivity index (χ4v) is 5.98. The molecule has 2 aromatic rings. The zero-order valence-electron chi connectivity index (χ0n) is 16.4. The molecule has 1 aliphatic heterocycles. The van der Waals surface area contributed by atoms with E-state index in [9.17, 15) is 18.0 Å². The minimum absolute atomic E-state index is 0.0153. The molecule has 1 saturated carbocycles. The van der Waals surface area contributed by atoms with Gasteiger partial charge in [0.05, 0.1) is 23.3 Å². The first kappa shape index (κ1) is 20.8. The van der Waals surface area contributed by atoms with Gasteiger partial charge in [0.15, 0.2) is 9.84 Å².